The third-order valence-corrected chi connectivity index (χ3v) is 5.15. The summed E-state index contributed by atoms with van der Waals surface area (Å²) in [5.74, 6) is -1.57. The molecule has 1 rings (SSSR count). The van der Waals surface area contributed by atoms with Gasteiger partial charge in [0.1, 0.15) is 12.1 Å². The maximum Gasteiger partial charge on any atom is 0.305 e. The lowest BCUT2D eigenvalue weighted by Crippen LogP contribution is -2.53. The molecule has 0 aromatic heterocycles. The Bertz CT molecular complexity index is 665. The van der Waals surface area contributed by atoms with E-state index in [0.29, 0.717) is 25.7 Å². The van der Waals surface area contributed by atoms with E-state index in [1.807, 2.05) is 0 Å². The van der Waals surface area contributed by atoms with E-state index in [-0.39, 0.29) is 49.9 Å². The standard InChI is InChI=1S/C21H35N3O7/c1-13(22-18(27)6-4-5-7-19(28)31-3)20(29)23-14(2)21(30)24-17-9-15(11-25)8-16(10-17)12-26/h9,13-14,16-17,25-26H,4-8,10-12H2,1-3H3,(H,22,27)(H,23,29)(H,24,30)/t13-,14+,16-,17+/m0/s1. The molecule has 0 saturated carbocycles. The van der Waals surface area contributed by atoms with Crippen molar-refractivity contribution in [2.45, 2.75) is 70.5 Å². The Morgan fingerprint density at radius 1 is 1.06 bits per heavy atom. The van der Waals surface area contributed by atoms with Crippen LogP contribution in [0.4, 0.5) is 0 Å². The molecule has 0 aliphatic heterocycles. The van der Waals surface area contributed by atoms with Gasteiger partial charge in [-0.1, -0.05) is 6.08 Å². The molecule has 4 atom stereocenters. The first kappa shape index (κ1) is 26.6. The highest BCUT2D eigenvalue weighted by Crippen LogP contribution is 2.23. The molecule has 1 aliphatic rings. The van der Waals surface area contributed by atoms with Crippen molar-refractivity contribution in [2.24, 2.45) is 5.92 Å². The Morgan fingerprint density at radius 3 is 2.32 bits per heavy atom. The van der Waals surface area contributed by atoms with E-state index in [0.717, 1.165) is 5.57 Å². The quantitative estimate of drug-likeness (QED) is 0.156. The van der Waals surface area contributed by atoms with Crippen LogP contribution in [0.5, 0.6) is 0 Å². The van der Waals surface area contributed by atoms with Gasteiger partial charge in [0.05, 0.1) is 13.7 Å². The minimum absolute atomic E-state index is 0.0318. The van der Waals surface area contributed by atoms with Crippen LogP contribution in [0.15, 0.2) is 11.6 Å². The van der Waals surface area contributed by atoms with Gasteiger partial charge in [-0.15, -0.1) is 0 Å². The number of methoxy groups -OCH3 is 1. The summed E-state index contributed by atoms with van der Waals surface area (Å²) in [7, 11) is 1.31. The molecule has 5 N–H and O–H groups in total. The maximum absolute atomic E-state index is 12.4. The van der Waals surface area contributed by atoms with Crippen molar-refractivity contribution in [1.82, 2.24) is 16.0 Å². The lowest BCUT2D eigenvalue weighted by molar-refractivity contribution is -0.140. The van der Waals surface area contributed by atoms with Crippen molar-refractivity contribution in [2.75, 3.05) is 20.3 Å². The number of carbonyl (C=O) groups is 4. The fraction of sp³-hybridized carbons (Fsp3) is 0.714. The van der Waals surface area contributed by atoms with E-state index in [2.05, 4.69) is 20.7 Å². The number of carbonyl (C=O) groups excluding carboxylic acids is 4. The monoisotopic (exact) mass is 441 g/mol. The molecule has 0 radical (unpaired) electrons. The Kier molecular flexibility index (Phi) is 11.8. The summed E-state index contributed by atoms with van der Waals surface area (Å²) in [5.41, 5.74) is 0.759. The highest BCUT2D eigenvalue weighted by Gasteiger charge is 2.26. The molecule has 1 aliphatic carbocycles. The van der Waals surface area contributed by atoms with E-state index in [1.54, 1.807) is 6.08 Å². The topological polar surface area (TPSA) is 154 Å². The van der Waals surface area contributed by atoms with Gasteiger partial charge < -0.3 is 30.9 Å². The Balaban J connectivity index is 2.41. The first-order chi connectivity index (χ1) is 14.7. The van der Waals surface area contributed by atoms with Gasteiger partial charge in [0.15, 0.2) is 0 Å². The van der Waals surface area contributed by atoms with Crippen molar-refractivity contribution in [3.05, 3.63) is 11.6 Å². The van der Waals surface area contributed by atoms with E-state index in [4.69, 9.17) is 0 Å². The number of rotatable bonds is 12. The predicted octanol–water partition coefficient (Wildman–Crippen LogP) is -0.465. The average molecular weight is 442 g/mol. The number of aliphatic hydroxyl groups excluding tert-OH is 2. The molecule has 31 heavy (non-hydrogen) atoms. The lowest BCUT2D eigenvalue weighted by Gasteiger charge is -2.28. The highest BCUT2D eigenvalue weighted by atomic mass is 16.5. The van der Waals surface area contributed by atoms with Crippen LogP contribution in [0.3, 0.4) is 0 Å². The number of ether oxygens (including phenoxy) is 1. The second-order valence-corrected chi connectivity index (χ2v) is 7.89. The fourth-order valence-corrected chi connectivity index (χ4v) is 3.34. The van der Waals surface area contributed by atoms with Gasteiger partial charge in [-0.05, 0) is 51.0 Å². The van der Waals surface area contributed by atoms with Gasteiger partial charge in [0.2, 0.25) is 17.7 Å². The molecule has 0 aromatic rings. The summed E-state index contributed by atoms with van der Waals surface area (Å²) in [6.07, 6.45) is 4.34. The van der Waals surface area contributed by atoms with Crippen LogP contribution in [0, 0.1) is 5.92 Å². The average Bonchev–Trinajstić information content (AvgIpc) is 2.75. The first-order valence-electron chi connectivity index (χ1n) is 10.6. The van der Waals surface area contributed by atoms with Crippen LogP contribution in [-0.4, -0.2) is 72.4 Å². The van der Waals surface area contributed by atoms with E-state index in [9.17, 15) is 29.4 Å². The van der Waals surface area contributed by atoms with Crippen LogP contribution in [-0.2, 0) is 23.9 Å². The number of amides is 3. The highest BCUT2D eigenvalue weighted by molar-refractivity contribution is 5.91. The van der Waals surface area contributed by atoms with Crippen molar-refractivity contribution in [1.29, 1.82) is 0 Å². The molecule has 10 nitrogen and oxygen atoms in total. The summed E-state index contributed by atoms with van der Waals surface area (Å²) >= 11 is 0. The summed E-state index contributed by atoms with van der Waals surface area (Å²) in [6, 6.07) is -1.98. The van der Waals surface area contributed by atoms with Gasteiger partial charge in [-0.2, -0.15) is 0 Å². The van der Waals surface area contributed by atoms with Gasteiger partial charge in [0.25, 0.3) is 0 Å². The SMILES string of the molecule is COC(=O)CCCCC(=O)N[C@@H](C)C(=O)N[C@H](C)C(=O)N[C@@H]1C=C(CO)C[C@H](CO)C1. The number of hydrogen-bond acceptors (Lipinski definition) is 7. The van der Waals surface area contributed by atoms with E-state index < -0.39 is 23.9 Å². The fourth-order valence-electron chi connectivity index (χ4n) is 3.34. The van der Waals surface area contributed by atoms with Crippen LogP contribution in [0.1, 0.15) is 52.4 Å². The third kappa shape index (κ3) is 9.93. The zero-order valence-corrected chi connectivity index (χ0v) is 18.5. The lowest BCUT2D eigenvalue weighted by atomic mass is 9.86. The normalized spacial score (nSPS) is 20.1. The minimum atomic E-state index is -0.826. The molecular formula is C21H35N3O7. The minimum Gasteiger partial charge on any atom is -0.469 e. The predicted molar refractivity (Wildman–Crippen MR) is 113 cm³/mol. The van der Waals surface area contributed by atoms with E-state index in [1.165, 1.54) is 21.0 Å². The molecule has 0 saturated heterocycles. The summed E-state index contributed by atoms with van der Waals surface area (Å²) in [6.45, 7) is 2.90. The van der Waals surface area contributed by atoms with Gasteiger partial charge in [0, 0.05) is 25.5 Å². The van der Waals surface area contributed by atoms with Crippen LogP contribution < -0.4 is 16.0 Å². The van der Waals surface area contributed by atoms with Crippen molar-refractivity contribution in [3.63, 3.8) is 0 Å². The molecule has 3 amide bonds. The number of esters is 1. The number of hydrogen-bond donors (Lipinski definition) is 5. The maximum atomic E-state index is 12.4. The zero-order valence-electron chi connectivity index (χ0n) is 18.5. The van der Waals surface area contributed by atoms with Crippen LogP contribution in [0.25, 0.3) is 0 Å². The second kappa shape index (κ2) is 13.8. The smallest absolute Gasteiger partial charge is 0.305 e. The molecule has 0 fully saturated rings. The molecule has 176 valence electrons. The number of nitrogens with one attached hydrogen (secondary N) is 3. The largest absolute Gasteiger partial charge is 0.469 e. The second-order valence-electron chi connectivity index (χ2n) is 7.89. The Morgan fingerprint density at radius 2 is 1.71 bits per heavy atom. The molecular weight excluding hydrogens is 406 g/mol. The zero-order chi connectivity index (χ0) is 23.4. The van der Waals surface area contributed by atoms with Crippen LogP contribution in [0.2, 0.25) is 0 Å². The first-order valence-corrected chi connectivity index (χ1v) is 10.6. The number of unbranched alkanes of at least 4 members (excludes halogenated alkanes) is 1. The summed E-state index contributed by atoms with van der Waals surface area (Å²) < 4.78 is 4.53. The van der Waals surface area contributed by atoms with Gasteiger partial charge >= 0.3 is 5.97 Å². The molecule has 0 aromatic carbocycles. The molecule has 0 unspecified atom stereocenters. The molecule has 0 heterocycles. The van der Waals surface area contributed by atoms with Gasteiger partial charge in [-0.25, -0.2) is 0 Å². The summed E-state index contributed by atoms with van der Waals surface area (Å²) in [4.78, 5) is 47.7. The molecule has 0 spiro atoms. The summed E-state index contributed by atoms with van der Waals surface area (Å²) in [5, 5.41) is 26.7. The Labute approximate surface area is 182 Å². The van der Waals surface area contributed by atoms with Crippen LogP contribution >= 0.6 is 0 Å². The van der Waals surface area contributed by atoms with E-state index >= 15 is 0 Å². The Hall–Kier alpha value is -2.46. The van der Waals surface area contributed by atoms with Crippen molar-refractivity contribution in [3.8, 4) is 0 Å². The van der Waals surface area contributed by atoms with Crippen molar-refractivity contribution >= 4 is 23.7 Å². The van der Waals surface area contributed by atoms with Crippen molar-refractivity contribution < 1.29 is 34.1 Å². The van der Waals surface area contributed by atoms with Gasteiger partial charge in [-0.3, -0.25) is 19.2 Å². The molecule has 10 heteroatoms. The third-order valence-electron chi connectivity index (χ3n) is 5.15. The number of aliphatic hydroxyl groups is 2. The molecule has 0 bridgehead atoms.